The van der Waals surface area contributed by atoms with Gasteiger partial charge in [0.25, 0.3) is 0 Å². The lowest BCUT2D eigenvalue weighted by molar-refractivity contribution is -0.143. The van der Waals surface area contributed by atoms with Gasteiger partial charge in [0.15, 0.2) is 0 Å². The summed E-state index contributed by atoms with van der Waals surface area (Å²) in [7, 11) is 0. The van der Waals surface area contributed by atoms with E-state index in [1.54, 1.807) is 0 Å². The Kier molecular flexibility index (Phi) is 6.58. The average Bonchev–Trinajstić information content (AvgIpc) is 3.45. The van der Waals surface area contributed by atoms with Gasteiger partial charge in [-0.25, -0.2) is 0 Å². The number of carbonyl (C=O) groups is 2. The average molecular weight is 377 g/mol. The van der Waals surface area contributed by atoms with Crippen LogP contribution in [-0.2, 0) is 16.0 Å². The third kappa shape index (κ3) is 5.23. The first kappa shape index (κ1) is 19.2. The topological polar surface area (TPSA) is 40.6 Å². The number of carbonyl (C=O) groups excluding carboxylic acids is 2. The smallest absolute Gasteiger partial charge is 0.227 e. The Labute approximate surface area is 161 Å². The van der Waals surface area contributed by atoms with Crippen molar-refractivity contribution in [3.8, 4) is 0 Å². The van der Waals surface area contributed by atoms with Crippen LogP contribution in [0, 0.1) is 11.8 Å². The first-order valence-electron chi connectivity index (χ1n) is 9.87. The molecule has 0 spiro atoms. The fourth-order valence-electron chi connectivity index (χ4n) is 3.68. The molecule has 2 aliphatic rings. The largest absolute Gasteiger partial charge is 0.342 e. The number of likely N-dealkylation sites (tertiary alicyclic amines) is 1. The second-order valence-electron chi connectivity index (χ2n) is 7.68. The summed E-state index contributed by atoms with van der Waals surface area (Å²) in [6, 6.07) is 7.75. The summed E-state index contributed by atoms with van der Waals surface area (Å²) in [5.41, 5.74) is 1.16. The molecule has 0 unspecified atom stereocenters. The molecule has 4 nitrogen and oxygen atoms in total. The predicted molar refractivity (Wildman–Crippen MR) is 104 cm³/mol. The molecule has 0 bridgehead atoms. The molecule has 5 heteroatoms. The van der Waals surface area contributed by atoms with Crippen LogP contribution in [0.4, 0.5) is 0 Å². The molecule has 0 aromatic heterocycles. The van der Waals surface area contributed by atoms with E-state index >= 15 is 0 Å². The van der Waals surface area contributed by atoms with Crippen LogP contribution >= 0.6 is 11.6 Å². The zero-order valence-electron chi connectivity index (χ0n) is 15.6. The molecule has 1 heterocycles. The normalized spacial score (nSPS) is 20.3. The van der Waals surface area contributed by atoms with E-state index < -0.39 is 0 Å². The van der Waals surface area contributed by atoms with Crippen molar-refractivity contribution in [1.29, 1.82) is 0 Å². The van der Waals surface area contributed by atoms with Crippen molar-refractivity contribution in [3.05, 3.63) is 34.9 Å². The standard InChI is InChI=1S/C21H29ClN2O2/c1-2-12-24(14-17-3-4-17)21(26)18-7-10-20(25)23(15-18)13-11-16-5-8-19(22)9-6-16/h5-6,8-9,17-18H,2-4,7,10-15H2,1H3/t18-/m1/s1. The summed E-state index contributed by atoms with van der Waals surface area (Å²) in [4.78, 5) is 29.2. The molecular weight excluding hydrogens is 348 g/mol. The molecule has 3 rings (SSSR count). The highest BCUT2D eigenvalue weighted by atomic mass is 35.5. The van der Waals surface area contributed by atoms with Crippen LogP contribution in [0.5, 0.6) is 0 Å². The molecule has 1 aliphatic heterocycles. The summed E-state index contributed by atoms with van der Waals surface area (Å²) in [5.74, 6) is 1.09. The van der Waals surface area contributed by atoms with Gasteiger partial charge in [0.2, 0.25) is 11.8 Å². The van der Waals surface area contributed by atoms with Gasteiger partial charge in [-0.05, 0) is 55.7 Å². The van der Waals surface area contributed by atoms with E-state index in [-0.39, 0.29) is 17.7 Å². The van der Waals surface area contributed by atoms with Crippen molar-refractivity contribution in [2.75, 3.05) is 26.2 Å². The molecule has 26 heavy (non-hydrogen) atoms. The van der Waals surface area contributed by atoms with Crippen molar-refractivity contribution >= 4 is 23.4 Å². The molecule has 0 N–H and O–H groups in total. The minimum Gasteiger partial charge on any atom is -0.342 e. The van der Waals surface area contributed by atoms with E-state index in [9.17, 15) is 9.59 Å². The first-order valence-corrected chi connectivity index (χ1v) is 10.3. The Morgan fingerprint density at radius 2 is 1.96 bits per heavy atom. The van der Waals surface area contributed by atoms with Crippen molar-refractivity contribution in [2.24, 2.45) is 11.8 Å². The first-order chi connectivity index (χ1) is 12.6. The molecule has 1 aromatic carbocycles. The Balaban J connectivity index is 1.56. The zero-order chi connectivity index (χ0) is 18.5. The third-order valence-electron chi connectivity index (χ3n) is 5.41. The van der Waals surface area contributed by atoms with Gasteiger partial charge in [0.05, 0.1) is 5.92 Å². The lowest BCUT2D eigenvalue weighted by atomic mass is 9.95. The Bertz CT molecular complexity index is 627. The maximum absolute atomic E-state index is 13.0. The van der Waals surface area contributed by atoms with Gasteiger partial charge in [-0.15, -0.1) is 0 Å². The number of amides is 2. The maximum Gasteiger partial charge on any atom is 0.227 e. The van der Waals surface area contributed by atoms with Crippen LogP contribution in [-0.4, -0.2) is 47.8 Å². The summed E-state index contributed by atoms with van der Waals surface area (Å²) in [6.07, 6.45) is 5.48. The van der Waals surface area contributed by atoms with E-state index in [0.29, 0.717) is 31.8 Å². The van der Waals surface area contributed by atoms with E-state index in [1.165, 1.54) is 12.8 Å². The van der Waals surface area contributed by atoms with E-state index in [1.807, 2.05) is 29.2 Å². The minimum atomic E-state index is -0.0387. The van der Waals surface area contributed by atoms with Crippen LogP contribution in [0.2, 0.25) is 5.02 Å². The monoisotopic (exact) mass is 376 g/mol. The molecule has 1 saturated heterocycles. The van der Waals surface area contributed by atoms with Gasteiger partial charge in [-0.1, -0.05) is 30.7 Å². The summed E-state index contributed by atoms with van der Waals surface area (Å²) >= 11 is 5.93. The number of hydrogen-bond acceptors (Lipinski definition) is 2. The Hall–Kier alpha value is -1.55. The van der Waals surface area contributed by atoms with Crippen molar-refractivity contribution in [1.82, 2.24) is 9.80 Å². The summed E-state index contributed by atoms with van der Waals surface area (Å²) < 4.78 is 0. The van der Waals surface area contributed by atoms with Gasteiger partial charge in [-0.3, -0.25) is 9.59 Å². The van der Waals surface area contributed by atoms with Crippen molar-refractivity contribution in [2.45, 2.75) is 45.4 Å². The van der Waals surface area contributed by atoms with Gasteiger partial charge in [-0.2, -0.15) is 0 Å². The second-order valence-corrected chi connectivity index (χ2v) is 8.12. The number of rotatable bonds is 8. The van der Waals surface area contributed by atoms with Crippen LogP contribution in [0.25, 0.3) is 0 Å². The maximum atomic E-state index is 13.0. The molecule has 1 aliphatic carbocycles. The Morgan fingerprint density at radius 1 is 1.23 bits per heavy atom. The quantitative estimate of drug-likeness (QED) is 0.692. The van der Waals surface area contributed by atoms with Crippen molar-refractivity contribution < 1.29 is 9.59 Å². The molecule has 142 valence electrons. The number of piperidine rings is 1. The van der Waals surface area contributed by atoms with Crippen LogP contribution < -0.4 is 0 Å². The van der Waals surface area contributed by atoms with Gasteiger partial charge in [0.1, 0.15) is 0 Å². The summed E-state index contributed by atoms with van der Waals surface area (Å²) in [5, 5.41) is 0.722. The number of hydrogen-bond donors (Lipinski definition) is 0. The number of nitrogens with zero attached hydrogens (tertiary/aromatic N) is 2. The van der Waals surface area contributed by atoms with Crippen molar-refractivity contribution in [3.63, 3.8) is 0 Å². The van der Waals surface area contributed by atoms with Crippen LogP contribution in [0.3, 0.4) is 0 Å². The van der Waals surface area contributed by atoms with Crippen LogP contribution in [0.1, 0.15) is 44.6 Å². The van der Waals surface area contributed by atoms with E-state index in [2.05, 4.69) is 11.8 Å². The molecule has 1 aromatic rings. The molecule has 1 atom stereocenters. The highest BCUT2D eigenvalue weighted by Gasteiger charge is 2.34. The molecule has 2 amide bonds. The lowest BCUT2D eigenvalue weighted by Gasteiger charge is -2.35. The van der Waals surface area contributed by atoms with Crippen LogP contribution in [0.15, 0.2) is 24.3 Å². The minimum absolute atomic E-state index is 0.0387. The van der Waals surface area contributed by atoms with E-state index in [4.69, 9.17) is 11.6 Å². The molecular formula is C21H29ClN2O2. The molecule has 2 fully saturated rings. The number of halogens is 1. The van der Waals surface area contributed by atoms with Gasteiger partial charge >= 0.3 is 0 Å². The predicted octanol–water partition coefficient (Wildman–Crippen LogP) is 3.77. The third-order valence-corrected chi connectivity index (χ3v) is 5.67. The SMILES string of the molecule is CCCN(CC1CC1)C(=O)[C@@H]1CCC(=O)N(CCc2ccc(Cl)cc2)C1. The highest BCUT2D eigenvalue weighted by Crippen LogP contribution is 2.31. The number of benzene rings is 1. The Morgan fingerprint density at radius 3 is 2.62 bits per heavy atom. The van der Waals surface area contributed by atoms with E-state index in [0.717, 1.165) is 36.5 Å². The molecule has 1 saturated carbocycles. The van der Waals surface area contributed by atoms with Gasteiger partial charge in [0, 0.05) is 37.6 Å². The van der Waals surface area contributed by atoms with Gasteiger partial charge < -0.3 is 9.80 Å². The fraction of sp³-hybridized carbons (Fsp3) is 0.619. The lowest BCUT2D eigenvalue weighted by Crippen LogP contribution is -2.48. The second kappa shape index (κ2) is 8.90. The molecule has 0 radical (unpaired) electrons. The summed E-state index contributed by atoms with van der Waals surface area (Å²) in [6.45, 7) is 5.10. The highest BCUT2D eigenvalue weighted by molar-refractivity contribution is 6.30. The zero-order valence-corrected chi connectivity index (χ0v) is 16.4. The fourth-order valence-corrected chi connectivity index (χ4v) is 3.81.